The predicted molar refractivity (Wildman–Crippen MR) is 81.3 cm³/mol. The Balaban J connectivity index is 1.31. The molecule has 0 heteroatoms. The average Bonchev–Trinajstić information content (AvgIpc) is 3.23. The number of hydrogen-bond donors (Lipinski definition) is 0. The Morgan fingerprint density at radius 2 is 0.636 bits per heavy atom. The van der Waals surface area contributed by atoms with Gasteiger partial charge in [-0.05, 0) is 120 Å². The van der Waals surface area contributed by atoms with E-state index in [1.165, 1.54) is 94.7 Å². The normalized spacial score (nSPS) is 89.5. The topological polar surface area (TPSA) is 0 Å². The number of allylic oxidation sites excluding steroid dienone is 2. The van der Waals surface area contributed by atoms with Crippen molar-refractivity contribution in [2.24, 2.45) is 94.7 Å². The van der Waals surface area contributed by atoms with Gasteiger partial charge in [0, 0.05) is 0 Å². The molecule has 0 amide bonds. The molecule has 0 N–H and O–H groups in total. The highest BCUT2D eigenvalue weighted by Gasteiger charge is 2.83. The molecule has 12 saturated carbocycles. The van der Waals surface area contributed by atoms with E-state index in [2.05, 4.69) is 11.1 Å². The molecule has 12 fully saturated rings. The number of hydrogen-bond acceptors (Lipinski definition) is 0. The summed E-state index contributed by atoms with van der Waals surface area (Å²) in [6, 6.07) is 0. The minimum absolute atomic E-state index is 1.17. The van der Waals surface area contributed by atoms with Crippen molar-refractivity contribution in [2.45, 2.75) is 25.7 Å². The maximum absolute atomic E-state index is 2.24. The van der Waals surface area contributed by atoms with Gasteiger partial charge in [0.25, 0.3) is 0 Å². The maximum Gasteiger partial charge on any atom is -0.0132 e. The summed E-state index contributed by atoms with van der Waals surface area (Å²) in [5, 5.41) is 0. The Kier molecular flexibility index (Phi) is 1.09. The third-order valence-corrected chi connectivity index (χ3v) is 12.5. The molecule has 0 aromatic carbocycles. The second kappa shape index (κ2) is 2.42. The van der Waals surface area contributed by atoms with Gasteiger partial charge in [0.15, 0.2) is 0 Å². The summed E-state index contributed by atoms with van der Waals surface area (Å²) in [6.07, 6.45) is 6.76. The van der Waals surface area contributed by atoms with Crippen molar-refractivity contribution < 1.29 is 0 Å². The average molecular weight is 288 g/mol. The van der Waals surface area contributed by atoms with Crippen molar-refractivity contribution in [2.75, 3.05) is 0 Å². The zero-order valence-corrected chi connectivity index (χ0v) is 13.1. The Bertz CT molecular complexity index is 623. The van der Waals surface area contributed by atoms with Crippen LogP contribution in [0, 0.1) is 94.7 Å². The molecule has 0 saturated heterocycles. The molecule has 12 aliphatic carbocycles. The van der Waals surface area contributed by atoms with E-state index >= 15 is 0 Å². The first-order valence-electron chi connectivity index (χ1n) is 10.7. The lowest BCUT2D eigenvalue weighted by molar-refractivity contribution is 0.132. The highest BCUT2D eigenvalue weighted by Crippen LogP contribution is 2.89. The van der Waals surface area contributed by atoms with Crippen molar-refractivity contribution in [3.63, 3.8) is 0 Å². The van der Waals surface area contributed by atoms with Crippen molar-refractivity contribution >= 4 is 0 Å². The van der Waals surface area contributed by atoms with Crippen LogP contribution in [0.1, 0.15) is 25.7 Å². The fraction of sp³-hybridized carbons (Fsp3) is 0.909. The van der Waals surface area contributed by atoms with Crippen molar-refractivity contribution in [3.05, 3.63) is 11.1 Å². The molecule has 12 bridgehead atoms. The second-order valence-electron chi connectivity index (χ2n) is 11.6. The van der Waals surface area contributed by atoms with Crippen LogP contribution in [0.2, 0.25) is 0 Å². The minimum atomic E-state index is 1.17. The summed E-state index contributed by atoms with van der Waals surface area (Å²) >= 11 is 0. The van der Waals surface area contributed by atoms with Crippen LogP contribution in [0.15, 0.2) is 11.1 Å². The third kappa shape index (κ3) is 0.597. The molecule has 0 heterocycles. The zero-order chi connectivity index (χ0) is 13.2. The molecule has 12 rings (SSSR count). The first-order chi connectivity index (χ1) is 10.9. The van der Waals surface area contributed by atoms with Gasteiger partial charge in [-0.2, -0.15) is 0 Å². The SMILES string of the molecule is C1C2C3C(=C4C5C6CC7C8C[C@@H](C4C86)C75)C4C2C2C[C@@H]4C3C12. The summed E-state index contributed by atoms with van der Waals surface area (Å²) in [5.74, 6) is 19.4. The molecule has 0 aromatic heterocycles. The molecule has 0 spiro atoms. The fourth-order valence-electron chi connectivity index (χ4n) is 13.4. The molecule has 22 heavy (non-hydrogen) atoms. The molecule has 112 valence electrons. The van der Waals surface area contributed by atoms with E-state index in [-0.39, 0.29) is 0 Å². The lowest BCUT2D eigenvalue weighted by atomic mass is 9.71. The van der Waals surface area contributed by atoms with Crippen LogP contribution in [-0.2, 0) is 0 Å². The van der Waals surface area contributed by atoms with Gasteiger partial charge in [-0.1, -0.05) is 11.1 Å². The van der Waals surface area contributed by atoms with E-state index in [1.54, 1.807) is 25.7 Å². The van der Waals surface area contributed by atoms with Crippen LogP contribution in [0.3, 0.4) is 0 Å². The van der Waals surface area contributed by atoms with E-state index in [0.29, 0.717) is 0 Å². The standard InChI is InChI=1S/C22H24/c1-5-6-2-10-13(5)17-9(1)14(6)18(10)21(17)22-19-11-3-7-8-4-12(15(7)19)20(22)16(8)11/h5-20H,1-4H2/t5?,6?,7?,8?,9-,10?,11-,12?,13?,14?,15?,16?,17?,18?,19?,20?/m1/s1. The van der Waals surface area contributed by atoms with Gasteiger partial charge < -0.3 is 0 Å². The van der Waals surface area contributed by atoms with E-state index in [1.807, 2.05) is 0 Å². The van der Waals surface area contributed by atoms with Gasteiger partial charge in [0.05, 0.1) is 0 Å². The lowest BCUT2D eigenvalue weighted by Gasteiger charge is -2.33. The quantitative estimate of drug-likeness (QED) is 0.594. The summed E-state index contributed by atoms with van der Waals surface area (Å²) < 4.78 is 0. The lowest BCUT2D eigenvalue weighted by Crippen LogP contribution is -2.30. The van der Waals surface area contributed by atoms with E-state index in [4.69, 9.17) is 0 Å². The Morgan fingerprint density at radius 3 is 0.909 bits per heavy atom. The molecular weight excluding hydrogens is 264 g/mol. The maximum atomic E-state index is 2.24. The van der Waals surface area contributed by atoms with Gasteiger partial charge in [-0.25, -0.2) is 0 Å². The van der Waals surface area contributed by atoms with Crippen molar-refractivity contribution in [1.29, 1.82) is 0 Å². The first kappa shape index (κ1) is 9.90. The second-order valence-corrected chi connectivity index (χ2v) is 11.6. The van der Waals surface area contributed by atoms with Gasteiger partial charge in [-0.3, -0.25) is 0 Å². The molecule has 0 radical (unpaired) electrons. The van der Waals surface area contributed by atoms with Crippen LogP contribution in [-0.4, -0.2) is 0 Å². The smallest absolute Gasteiger partial charge is 0.0132 e. The zero-order valence-electron chi connectivity index (χ0n) is 13.1. The minimum Gasteiger partial charge on any atom is -0.0630 e. The Labute approximate surface area is 132 Å². The monoisotopic (exact) mass is 288 g/mol. The van der Waals surface area contributed by atoms with Gasteiger partial charge in [0.2, 0.25) is 0 Å². The van der Waals surface area contributed by atoms with Crippen LogP contribution < -0.4 is 0 Å². The van der Waals surface area contributed by atoms with Crippen LogP contribution in [0.25, 0.3) is 0 Å². The predicted octanol–water partition coefficient (Wildman–Crippen LogP) is 3.84. The van der Waals surface area contributed by atoms with Gasteiger partial charge in [0.1, 0.15) is 0 Å². The highest BCUT2D eigenvalue weighted by molar-refractivity contribution is 5.50. The van der Waals surface area contributed by atoms with Crippen molar-refractivity contribution in [3.8, 4) is 0 Å². The Hall–Kier alpha value is -0.260. The third-order valence-electron chi connectivity index (χ3n) is 12.5. The molecule has 16 atom stereocenters. The molecule has 12 aliphatic rings. The Morgan fingerprint density at radius 1 is 0.364 bits per heavy atom. The van der Waals surface area contributed by atoms with Gasteiger partial charge in [-0.15, -0.1) is 0 Å². The van der Waals surface area contributed by atoms with E-state index in [0.717, 1.165) is 0 Å². The molecule has 0 aromatic rings. The van der Waals surface area contributed by atoms with Crippen molar-refractivity contribution in [1.82, 2.24) is 0 Å². The van der Waals surface area contributed by atoms with Crippen LogP contribution in [0.4, 0.5) is 0 Å². The summed E-state index contributed by atoms with van der Waals surface area (Å²) in [7, 11) is 0. The number of rotatable bonds is 0. The first-order valence-corrected chi connectivity index (χ1v) is 10.7. The summed E-state index contributed by atoms with van der Waals surface area (Å²) in [6.45, 7) is 0. The summed E-state index contributed by atoms with van der Waals surface area (Å²) in [5.41, 5.74) is 4.48. The molecule has 0 nitrogen and oxygen atoms in total. The van der Waals surface area contributed by atoms with Crippen LogP contribution >= 0.6 is 0 Å². The van der Waals surface area contributed by atoms with Gasteiger partial charge >= 0.3 is 0 Å². The fourth-order valence-corrected chi connectivity index (χ4v) is 13.4. The van der Waals surface area contributed by atoms with Crippen LogP contribution in [0.5, 0.6) is 0 Å². The largest absolute Gasteiger partial charge is 0.0630 e. The molecule has 0 aliphatic heterocycles. The highest BCUT2D eigenvalue weighted by atomic mass is 14.9. The summed E-state index contributed by atoms with van der Waals surface area (Å²) in [4.78, 5) is 0. The molecule has 14 unspecified atom stereocenters. The van der Waals surface area contributed by atoms with E-state index in [9.17, 15) is 0 Å². The molecular formula is C22H24. The van der Waals surface area contributed by atoms with E-state index < -0.39 is 0 Å².